The van der Waals surface area contributed by atoms with E-state index in [-0.39, 0.29) is 11.8 Å². The topological polar surface area (TPSA) is 90.8 Å². The Morgan fingerprint density at radius 2 is 1.94 bits per heavy atom. The maximum Gasteiger partial charge on any atom is 0.319 e. The molecule has 3 heterocycles. The summed E-state index contributed by atoms with van der Waals surface area (Å²) in [7, 11) is 0. The molecule has 32 heavy (non-hydrogen) atoms. The number of nitrogens with one attached hydrogen (secondary N) is 1. The SMILES string of the molecule is CC(C=O)Oc1nc2c(c(N3CCNCC3)n1)CCN(c1cc(O)cc3ccccc13)C2. The van der Waals surface area contributed by atoms with Crippen molar-refractivity contribution in [3.05, 3.63) is 47.7 Å². The molecule has 2 aliphatic heterocycles. The summed E-state index contributed by atoms with van der Waals surface area (Å²) in [5.74, 6) is 1.16. The number of anilines is 2. The van der Waals surface area contributed by atoms with E-state index in [0.717, 1.165) is 79.0 Å². The van der Waals surface area contributed by atoms with E-state index in [4.69, 9.17) is 14.7 Å². The quantitative estimate of drug-likeness (QED) is 0.593. The summed E-state index contributed by atoms with van der Waals surface area (Å²) in [4.78, 5) is 25.1. The van der Waals surface area contributed by atoms with Crippen molar-refractivity contribution in [2.24, 2.45) is 0 Å². The highest BCUT2D eigenvalue weighted by atomic mass is 16.5. The van der Waals surface area contributed by atoms with Crippen molar-refractivity contribution in [3.8, 4) is 11.8 Å². The Morgan fingerprint density at radius 1 is 1.12 bits per heavy atom. The van der Waals surface area contributed by atoms with Gasteiger partial charge in [0.05, 0.1) is 12.2 Å². The number of carbonyl (C=O) groups excluding carboxylic acids is 1. The largest absolute Gasteiger partial charge is 0.508 e. The summed E-state index contributed by atoms with van der Waals surface area (Å²) in [6.07, 6.45) is 0.930. The van der Waals surface area contributed by atoms with Crippen molar-refractivity contribution in [1.82, 2.24) is 15.3 Å². The Hall–Kier alpha value is -3.39. The Morgan fingerprint density at radius 3 is 2.75 bits per heavy atom. The van der Waals surface area contributed by atoms with E-state index in [1.54, 1.807) is 13.0 Å². The van der Waals surface area contributed by atoms with E-state index < -0.39 is 6.10 Å². The second-order valence-corrected chi connectivity index (χ2v) is 8.31. The first-order valence-corrected chi connectivity index (χ1v) is 11.1. The van der Waals surface area contributed by atoms with Gasteiger partial charge in [-0.05, 0) is 24.8 Å². The molecule has 0 amide bonds. The lowest BCUT2D eigenvalue weighted by Gasteiger charge is -2.35. The number of phenols is 1. The van der Waals surface area contributed by atoms with Crippen LogP contribution in [0.5, 0.6) is 11.8 Å². The average molecular weight is 434 g/mol. The monoisotopic (exact) mass is 433 g/mol. The molecule has 0 bridgehead atoms. The summed E-state index contributed by atoms with van der Waals surface area (Å²) in [5.41, 5.74) is 3.02. The summed E-state index contributed by atoms with van der Waals surface area (Å²) >= 11 is 0. The third-order valence-corrected chi connectivity index (χ3v) is 6.09. The summed E-state index contributed by atoms with van der Waals surface area (Å²) < 4.78 is 5.70. The molecule has 0 spiro atoms. The fourth-order valence-electron chi connectivity index (χ4n) is 4.52. The van der Waals surface area contributed by atoms with Crippen LogP contribution in [0.4, 0.5) is 11.5 Å². The number of aromatic hydroxyl groups is 1. The van der Waals surface area contributed by atoms with Gasteiger partial charge in [-0.25, -0.2) is 0 Å². The number of phenolic OH excluding ortho intramolecular Hbond substituents is 1. The van der Waals surface area contributed by atoms with Crippen LogP contribution in [0.3, 0.4) is 0 Å². The molecule has 1 aromatic heterocycles. The minimum absolute atomic E-state index is 0.236. The zero-order valence-electron chi connectivity index (χ0n) is 18.1. The molecule has 3 aromatic rings. The Balaban J connectivity index is 1.54. The van der Waals surface area contributed by atoms with Gasteiger partial charge in [-0.3, -0.25) is 4.79 Å². The number of nitrogens with zero attached hydrogens (tertiary/aromatic N) is 4. The molecule has 2 aromatic carbocycles. The number of rotatable bonds is 5. The van der Waals surface area contributed by atoms with Crippen molar-refractivity contribution in [2.75, 3.05) is 42.5 Å². The third-order valence-electron chi connectivity index (χ3n) is 6.09. The van der Waals surface area contributed by atoms with Crippen LogP contribution >= 0.6 is 0 Å². The van der Waals surface area contributed by atoms with Gasteiger partial charge in [-0.15, -0.1) is 0 Å². The van der Waals surface area contributed by atoms with Gasteiger partial charge in [-0.2, -0.15) is 9.97 Å². The van der Waals surface area contributed by atoms with Gasteiger partial charge >= 0.3 is 6.01 Å². The first kappa shape index (κ1) is 20.5. The lowest BCUT2D eigenvalue weighted by Crippen LogP contribution is -2.45. The number of benzene rings is 2. The van der Waals surface area contributed by atoms with Crippen LogP contribution in [0.25, 0.3) is 10.8 Å². The fourth-order valence-corrected chi connectivity index (χ4v) is 4.52. The molecule has 2 aliphatic rings. The molecule has 1 atom stereocenters. The number of piperazine rings is 1. The van der Waals surface area contributed by atoms with Gasteiger partial charge in [0.25, 0.3) is 0 Å². The summed E-state index contributed by atoms with van der Waals surface area (Å²) in [5, 5.41) is 15.8. The van der Waals surface area contributed by atoms with Crippen LogP contribution in [0.2, 0.25) is 0 Å². The molecule has 2 N–H and O–H groups in total. The highest BCUT2D eigenvalue weighted by Crippen LogP contribution is 2.36. The zero-order chi connectivity index (χ0) is 22.1. The summed E-state index contributed by atoms with van der Waals surface area (Å²) in [6.45, 7) is 6.61. The molecule has 0 radical (unpaired) electrons. The molecule has 0 aliphatic carbocycles. The Labute approximate surface area is 186 Å². The smallest absolute Gasteiger partial charge is 0.319 e. The van der Waals surface area contributed by atoms with Gasteiger partial charge < -0.3 is 25.0 Å². The van der Waals surface area contributed by atoms with Gasteiger partial charge in [0, 0.05) is 55.4 Å². The lowest BCUT2D eigenvalue weighted by atomic mass is 10.0. The van der Waals surface area contributed by atoms with Crippen molar-refractivity contribution < 1.29 is 14.6 Å². The van der Waals surface area contributed by atoms with Crippen molar-refractivity contribution in [2.45, 2.75) is 26.0 Å². The lowest BCUT2D eigenvalue weighted by molar-refractivity contribution is -0.113. The molecule has 5 rings (SSSR count). The second-order valence-electron chi connectivity index (χ2n) is 8.31. The van der Waals surface area contributed by atoms with Crippen LogP contribution in [0.1, 0.15) is 18.2 Å². The molecule has 1 saturated heterocycles. The number of hydrogen-bond acceptors (Lipinski definition) is 8. The van der Waals surface area contributed by atoms with Gasteiger partial charge in [-0.1, -0.05) is 24.3 Å². The van der Waals surface area contributed by atoms with Gasteiger partial charge in [0.1, 0.15) is 11.6 Å². The number of hydrogen-bond donors (Lipinski definition) is 2. The molecular formula is C24H27N5O3. The van der Waals surface area contributed by atoms with Crippen LogP contribution in [0.15, 0.2) is 36.4 Å². The van der Waals surface area contributed by atoms with Crippen molar-refractivity contribution >= 4 is 28.6 Å². The normalized spacial score (nSPS) is 17.2. The number of fused-ring (bicyclic) bond motifs is 2. The third kappa shape index (κ3) is 3.93. The van der Waals surface area contributed by atoms with Crippen LogP contribution in [-0.2, 0) is 17.8 Å². The van der Waals surface area contributed by atoms with E-state index >= 15 is 0 Å². The maximum absolute atomic E-state index is 11.1. The Bertz CT molecular complexity index is 1150. The molecule has 8 heteroatoms. The van der Waals surface area contributed by atoms with E-state index in [1.807, 2.05) is 24.3 Å². The fraction of sp³-hybridized carbons (Fsp3) is 0.375. The molecule has 1 unspecified atom stereocenters. The average Bonchev–Trinajstić information content (AvgIpc) is 2.83. The van der Waals surface area contributed by atoms with Gasteiger partial charge in [0.15, 0.2) is 12.4 Å². The minimum Gasteiger partial charge on any atom is -0.508 e. The standard InChI is InChI=1S/C24H27N5O3/c1-16(15-30)32-24-26-21-14-29(22-13-18(31)12-17-4-2-3-5-19(17)22)9-6-20(21)23(27-24)28-10-7-25-8-11-28/h2-5,12-13,15-16,25,31H,6-11,14H2,1H3. The van der Waals surface area contributed by atoms with Gasteiger partial charge in [0.2, 0.25) is 0 Å². The van der Waals surface area contributed by atoms with E-state index in [0.29, 0.717) is 6.54 Å². The van der Waals surface area contributed by atoms with Crippen molar-refractivity contribution in [1.29, 1.82) is 0 Å². The second kappa shape index (κ2) is 8.63. The number of aromatic nitrogens is 2. The zero-order valence-corrected chi connectivity index (χ0v) is 18.1. The molecular weight excluding hydrogens is 406 g/mol. The highest BCUT2D eigenvalue weighted by Gasteiger charge is 2.27. The first-order chi connectivity index (χ1) is 15.6. The minimum atomic E-state index is -0.612. The van der Waals surface area contributed by atoms with E-state index in [1.165, 1.54) is 0 Å². The number of carbonyl (C=O) groups is 1. The first-order valence-electron chi connectivity index (χ1n) is 11.1. The predicted octanol–water partition coefficient (Wildman–Crippen LogP) is 2.27. The molecule has 166 valence electrons. The predicted molar refractivity (Wildman–Crippen MR) is 124 cm³/mol. The maximum atomic E-state index is 11.1. The molecule has 0 saturated carbocycles. The van der Waals surface area contributed by atoms with E-state index in [9.17, 15) is 9.90 Å². The summed E-state index contributed by atoms with van der Waals surface area (Å²) in [6, 6.07) is 11.9. The highest BCUT2D eigenvalue weighted by molar-refractivity contribution is 5.95. The van der Waals surface area contributed by atoms with Crippen molar-refractivity contribution in [3.63, 3.8) is 0 Å². The molecule has 1 fully saturated rings. The van der Waals surface area contributed by atoms with E-state index in [2.05, 4.69) is 21.2 Å². The Kier molecular flexibility index (Phi) is 5.53. The number of aldehydes is 1. The van der Waals surface area contributed by atoms with Crippen LogP contribution in [-0.4, -0.2) is 60.2 Å². The van der Waals surface area contributed by atoms with Crippen LogP contribution in [0, 0.1) is 0 Å². The van der Waals surface area contributed by atoms with Crippen LogP contribution < -0.4 is 19.9 Å². The number of ether oxygens (including phenoxy) is 1. The molecule has 8 nitrogen and oxygen atoms in total.